The van der Waals surface area contributed by atoms with Gasteiger partial charge in [0, 0.05) is 0 Å². The summed E-state index contributed by atoms with van der Waals surface area (Å²) in [5, 5.41) is 5.56. The van der Waals surface area contributed by atoms with Crippen LogP contribution in [-0.4, -0.2) is 19.1 Å². The van der Waals surface area contributed by atoms with Gasteiger partial charge in [-0.1, -0.05) is 56.3 Å². The van der Waals surface area contributed by atoms with Gasteiger partial charge in [-0.2, -0.15) is 0 Å². The maximum Gasteiger partial charge on any atom is 0.327 e. The van der Waals surface area contributed by atoms with E-state index < -0.39 is 6.04 Å². The highest BCUT2D eigenvalue weighted by Crippen LogP contribution is 2.25. The second-order valence-electron chi connectivity index (χ2n) is 5.56. The minimum absolute atomic E-state index is 0.213. The van der Waals surface area contributed by atoms with Crippen LogP contribution in [0.2, 0.25) is 0 Å². The van der Waals surface area contributed by atoms with Gasteiger partial charge >= 0.3 is 5.97 Å². The summed E-state index contributed by atoms with van der Waals surface area (Å²) in [4.78, 5) is 12.3. The summed E-state index contributed by atoms with van der Waals surface area (Å²) in [5.74, 6) is 0.256. The van der Waals surface area contributed by atoms with Crippen LogP contribution in [0.4, 0.5) is 0 Å². The van der Waals surface area contributed by atoms with Crippen molar-refractivity contribution in [3.8, 4) is 0 Å². The first-order valence-electron chi connectivity index (χ1n) is 7.51. The average Bonchev–Trinajstić information content (AvgIpc) is 2.47. The molecule has 0 heterocycles. The third-order valence-corrected chi connectivity index (χ3v) is 3.39. The Labute approximate surface area is 126 Å². The smallest absolute Gasteiger partial charge is 0.327 e. The Balaban J connectivity index is 2.40. The van der Waals surface area contributed by atoms with Crippen LogP contribution in [0.25, 0.3) is 10.8 Å². The van der Waals surface area contributed by atoms with Crippen LogP contribution >= 0.6 is 0 Å². The molecule has 1 atom stereocenters. The number of rotatable bonds is 6. The molecule has 2 aromatic rings. The highest BCUT2D eigenvalue weighted by atomic mass is 16.5. The molecule has 0 aliphatic carbocycles. The minimum Gasteiger partial charge on any atom is -0.465 e. The maximum absolute atomic E-state index is 12.3. The molecule has 0 radical (unpaired) electrons. The molecule has 0 bridgehead atoms. The van der Waals surface area contributed by atoms with Gasteiger partial charge in [0.2, 0.25) is 0 Å². The van der Waals surface area contributed by atoms with E-state index in [2.05, 4.69) is 31.3 Å². The van der Waals surface area contributed by atoms with E-state index in [1.54, 1.807) is 0 Å². The normalized spacial score (nSPS) is 12.6. The molecular formula is C18H23NO2. The topological polar surface area (TPSA) is 38.3 Å². The zero-order chi connectivity index (χ0) is 15.2. The summed E-state index contributed by atoms with van der Waals surface area (Å²) in [6.45, 7) is 7.24. The number of fused-ring (bicyclic) bond motifs is 1. The van der Waals surface area contributed by atoms with Crippen LogP contribution < -0.4 is 5.32 Å². The lowest BCUT2D eigenvalue weighted by atomic mass is 9.98. The molecule has 1 N–H and O–H groups in total. The number of carbonyl (C=O) groups is 1. The highest BCUT2D eigenvalue weighted by Gasteiger charge is 2.23. The number of benzene rings is 2. The first-order valence-corrected chi connectivity index (χ1v) is 7.51. The van der Waals surface area contributed by atoms with E-state index in [1.807, 2.05) is 37.3 Å². The molecule has 0 spiro atoms. The zero-order valence-corrected chi connectivity index (χ0v) is 12.9. The molecule has 21 heavy (non-hydrogen) atoms. The predicted molar refractivity (Wildman–Crippen MR) is 86.2 cm³/mol. The Morgan fingerprint density at radius 1 is 1.14 bits per heavy atom. The van der Waals surface area contributed by atoms with Gasteiger partial charge in [-0.15, -0.1) is 0 Å². The SMILES string of the molecule is CCOC(=O)C(NCC(C)C)c1cccc2ccccc12. The van der Waals surface area contributed by atoms with Crippen LogP contribution in [0.5, 0.6) is 0 Å². The highest BCUT2D eigenvalue weighted by molar-refractivity contribution is 5.91. The van der Waals surface area contributed by atoms with Crippen molar-refractivity contribution in [2.75, 3.05) is 13.2 Å². The van der Waals surface area contributed by atoms with Gasteiger partial charge in [-0.05, 0) is 35.7 Å². The molecule has 2 aromatic carbocycles. The minimum atomic E-state index is -0.418. The Morgan fingerprint density at radius 3 is 2.57 bits per heavy atom. The van der Waals surface area contributed by atoms with Crippen molar-refractivity contribution >= 4 is 16.7 Å². The van der Waals surface area contributed by atoms with E-state index in [0.717, 1.165) is 22.9 Å². The fraction of sp³-hybridized carbons (Fsp3) is 0.389. The van der Waals surface area contributed by atoms with Gasteiger partial charge in [0.25, 0.3) is 0 Å². The monoisotopic (exact) mass is 285 g/mol. The molecule has 3 heteroatoms. The van der Waals surface area contributed by atoms with E-state index in [1.165, 1.54) is 0 Å². The van der Waals surface area contributed by atoms with Crippen molar-refractivity contribution in [3.63, 3.8) is 0 Å². The molecule has 0 aromatic heterocycles. The summed E-state index contributed by atoms with van der Waals surface area (Å²) in [5.41, 5.74) is 0.979. The zero-order valence-electron chi connectivity index (χ0n) is 12.9. The Morgan fingerprint density at radius 2 is 1.86 bits per heavy atom. The Bertz CT molecular complexity index is 602. The summed E-state index contributed by atoms with van der Waals surface area (Å²) in [6, 6.07) is 13.7. The number of carbonyl (C=O) groups excluding carboxylic acids is 1. The number of hydrogen-bond donors (Lipinski definition) is 1. The van der Waals surface area contributed by atoms with Crippen LogP contribution in [-0.2, 0) is 9.53 Å². The summed E-state index contributed by atoms with van der Waals surface area (Å²) < 4.78 is 5.24. The molecule has 0 saturated heterocycles. The maximum atomic E-state index is 12.3. The number of hydrogen-bond acceptors (Lipinski definition) is 3. The van der Waals surface area contributed by atoms with Gasteiger partial charge in [0.15, 0.2) is 0 Å². The van der Waals surface area contributed by atoms with Gasteiger partial charge in [-0.25, -0.2) is 4.79 Å². The lowest BCUT2D eigenvalue weighted by molar-refractivity contribution is -0.145. The fourth-order valence-corrected chi connectivity index (χ4v) is 2.40. The standard InChI is InChI=1S/C18H23NO2/c1-4-21-18(20)17(19-12-13(2)3)16-11-7-9-14-8-5-6-10-15(14)16/h5-11,13,17,19H,4,12H2,1-3H3. The molecular weight excluding hydrogens is 262 g/mol. The largest absolute Gasteiger partial charge is 0.465 e. The van der Waals surface area contributed by atoms with Crippen molar-refractivity contribution in [2.45, 2.75) is 26.8 Å². The summed E-state index contributed by atoms with van der Waals surface area (Å²) in [6.07, 6.45) is 0. The van der Waals surface area contributed by atoms with Crippen molar-refractivity contribution in [1.29, 1.82) is 0 Å². The average molecular weight is 285 g/mol. The first kappa shape index (κ1) is 15.5. The van der Waals surface area contributed by atoms with Crippen molar-refractivity contribution < 1.29 is 9.53 Å². The molecule has 0 fully saturated rings. The lowest BCUT2D eigenvalue weighted by Gasteiger charge is -2.20. The van der Waals surface area contributed by atoms with Crippen molar-refractivity contribution in [3.05, 3.63) is 48.0 Å². The lowest BCUT2D eigenvalue weighted by Crippen LogP contribution is -2.32. The molecule has 0 amide bonds. The van der Waals surface area contributed by atoms with Gasteiger partial charge in [0.1, 0.15) is 6.04 Å². The number of esters is 1. The molecule has 112 valence electrons. The molecule has 1 unspecified atom stereocenters. The number of nitrogens with one attached hydrogen (secondary N) is 1. The van der Waals surface area contributed by atoms with Crippen LogP contribution in [0.1, 0.15) is 32.4 Å². The third-order valence-electron chi connectivity index (χ3n) is 3.39. The van der Waals surface area contributed by atoms with Crippen molar-refractivity contribution in [2.24, 2.45) is 5.92 Å². The van der Waals surface area contributed by atoms with E-state index in [4.69, 9.17) is 4.74 Å². The Kier molecular flexibility index (Phi) is 5.34. The summed E-state index contributed by atoms with van der Waals surface area (Å²) >= 11 is 0. The second-order valence-corrected chi connectivity index (χ2v) is 5.56. The van der Waals surface area contributed by atoms with Crippen LogP contribution in [0.15, 0.2) is 42.5 Å². The first-order chi connectivity index (χ1) is 10.1. The van der Waals surface area contributed by atoms with E-state index >= 15 is 0 Å². The van der Waals surface area contributed by atoms with E-state index in [9.17, 15) is 4.79 Å². The van der Waals surface area contributed by atoms with Crippen molar-refractivity contribution in [1.82, 2.24) is 5.32 Å². The van der Waals surface area contributed by atoms with Crippen LogP contribution in [0, 0.1) is 5.92 Å². The van der Waals surface area contributed by atoms with Gasteiger partial charge in [-0.3, -0.25) is 0 Å². The molecule has 0 saturated carbocycles. The van der Waals surface area contributed by atoms with E-state index in [0.29, 0.717) is 12.5 Å². The fourth-order valence-electron chi connectivity index (χ4n) is 2.40. The predicted octanol–water partition coefficient (Wildman–Crippen LogP) is 3.69. The quantitative estimate of drug-likeness (QED) is 0.823. The summed E-state index contributed by atoms with van der Waals surface area (Å²) in [7, 11) is 0. The molecule has 3 nitrogen and oxygen atoms in total. The molecule has 2 rings (SSSR count). The third kappa shape index (κ3) is 3.82. The van der Waals surface area contributed by atoms with Gasteiger partial charge < -0.3 is 10.1 Å². The number of ether oxygens (including phenoxy) is 1. The van der Waals surface area contributed by atoms with Crippen LogP contribution in [0.3, 0.4) is 0 Å². The Hall–Kier alpha value is -1.87. The second kappa shape index (κ2) is 7.23. The molecule has 0 aliphatic rings. The van der Waals surface area contributed by atoms with Gasteiger partial charge in [0.05, 0.1) is 6.61 Å². The molecule has 0 aliphatic heterocycles. The van der Waals surface area contributed by atoms with E-state index in [-0.39, 0.29) is 5.97 Å².